The average Bonchev–Trinajstić information content (AvgIpc) is 2.54. The number of hydrogen-bond acceptors (Lipinski definition) is 3. The molecule has 0 radical (unpaired) electrons. The topological polar surface area (TPSA) is 13.1 Å². The SMILES string of the molecule is S=c1oc(-c2ccccc2)cs1. The lowest BCUT2D eigenvalue weighted by molar-refractivity contribution is 0.574. The molecule has 1 aromatic heterocycles. The molecule has 0 fully saturated rings. The second-order valence-corrected chi connectivity index (χ2v) is 3.79. The van der Waals surface area contributed by atoms with Crippen molar-refractivity contribution in [2.75, 3.05) is 0 Å². The highest BCUT2D eigenvalue weighted by atomic mass is 32.1. The monoisotopic (exact) mass is 194 g/mol. The van der Waals surface area contributed by atoms with Crippen LogP contribution < -0.4 is 0 Å². The third-order valence-electron chi connectivity index (χ3n) is 1.51. The lowest BCUT2D eigenvalue weighted by atomic mass is 10.2. The van der Waals surface area contributed by atoms with Crippen LogP contribution in [0.1, 0.15) is 0 Å². The van der Waals surface area contributed by atoms with Crippen molar-refractivity contribution in [3.63, 3.8) is 0 Å². The molecule has 0 unspecified atom stereocenters. The zero-order valence-electron chi connectivity index (χ0n) is 6.19. The van der Waals surface area contributed by atoms with Crippen molar-refractivity contribution in [2.24, 2.45) is 0 Å². The Morgan fingerprint density at radius 3 is 2.50 bits per heavy atom. The molecule has 60 valence electrons. The molecule has 3 heteroatoms. The predicted octanol–water partition coefficient (Wildman–Crippen LogP) is 3.74. The fourth-order valence-electron chi connectivity index (χ4n) is 0.969. The van der Waals surface area contributed by atoms with E-state index in [4.69, 9.17) is 16.6 Å². The maximum absolute atomic E-state index is 5.30. The van der Waals surface area contributed by atoms with E-state index >= 15 is 0 Å². The van der Waals surface area contributed by atoms with Gasteiger partial charge in [0.25, 0.3) is 0 Å². The van der Waals surface area contributed by atoms with Crippen LogP contribution in [0.5, 0.6) is 0 Å². The summed E-state index contributed by atoms with van der Waals surface area (Å²) >= 11 is 6.33. The maximum atomic E-state index is 5.30. The average molecular weight is 194 g/mol. The van der Waals surface area contributed by atoms with Gasteiger partial charge in [-0.1, -0.05) is 41.7 Å². The van der Waals surface area contributed by atoms with Crippen molar-refractivity contribution in [3.05, 3.63) is 39.7 Å². The molecular weight excluding hydrogens is 188 g/mol. The summed E-state index contributed by atoms with van der Waals surface area (Å²) in [6, 6.07) is 9.93. The normalized spacial score (nSPS) is 10.0. The smallest absolute Gasteiger partial charge is 0.247 e. The Hall–Kier alpha value is -0.930. The predicted molar refractivity (Wildman–Crippen MR) is 52.9 cm³/mol. The molecule has 0 aliphatic rings. The Morgan fingerprint density at radius 1 is 1.17 bits per heavy atom. The van der Waals surface area contributed by atoms with E-state index in [-0.39, 0.29) is 0 Å². The zero-order chi connectivity index (χ0) is 8.39. The van der Waals surface area contributed by atoms with Crippen LogP contribution in [-0.4, -0.2) is 0 Å². The van der Waals surface area contributed by atoms with E-state index in [0.717, 1.165) is 11.3 Å². The fraction of sp³-hybridized carbons (Fsp3) is 0. The maximum Gasteiger partial charge on any atom is 0.247 e. The van der Waals surface area contributed by atoms with Crippen molar-refractivity contribution in [1.82, 2.24) is 0 Å². The summed E-state index contributed by atoms with van der Waals surface area (Å²) in [4.78, 5) is 0. The Kier molecular flexibility index (Phi) is 2.06. The zero-order valence-corrected chi connectivity index (χ0v) is 7.82. The largest absolute Gasteiger partial charge is 0.435 e. The van der Waals surface area contributed by atoms with Gasteiger partial charge in [-0.15, -0.1) is 0 Å². The van der Waals surface area contributed by atoms with Crippen LogP contribution in [0.25, 0.3) is 11.3 Å². The van der Waals surface area contributed by atoms with Gasteiger partial charge in [0, 0.05) is 10.9 Å². The van der Waals surface area contributed by atoms with E-state index in [1.54, 1.807) is 0 Å². The molecule has 0 aliphatic heterocycles. The van der Waals surface area contributed by atoms with Crippen LogP contribution in [0.3, 0.4) is 0 Å². The van der Waals surface area contributed by atoms with Crippen LogP contribution in [-0.2, 0) is 0 Å². The van der Waals surface area contributed by atoms with E-state index in [2.05, 4.69) is 0 Å². The highest BCUT2D eigenvalue weighted by Crippen LogP contribution is 2.22. The van der Waals surface area contributed by atoms with Crippen molar-refractivity contribution in [2.45, 2.75) is 0 Å². The summed E-state index contributed by atoms with van der Waals surface area (Å²) in [7, 11) is 0. The summed E-state index contributed by atoms with van der Waals surface area (Å²) in [5.74, 6) is 0.852. The van der Waals surface area contributed by atoms with Gasteiger partial charge in [-0.3, -0.25) is 0 Å². The summed E-state index contributed by atoms with van der Waals surface area (Å²) in [6.45, 7) is 0. The van der Waals surface area contributed by atoms with Gasteiger partial charge in [0.2, 0.25) is 4.02 Å². The molecule has 1 nitrogen and oxygen atoms in total. The van der Waals surface area contributed by atoms with E-state index < -0.39 is 0 Å². The van der Waals surface area contributed by atoms with Gasteiger partial charge < -0.3 is 4.42 Å². The first kappa shape index (κ1) is 7.71. The first-order chi connectivity index (χ1) is 5.86. The van der Waals surface area contributed by atoms with Crippen LogP contribution in [0, 0.1) is 4.02 Å². The number of hydrogen-bond donors (Lipinski definition) is 0. The lowest BCUT2D eigenvalue weighted by Crippen LogP contribution is -1.69. The summed E-state index contributed by atoms with van der Waals surface area (Å²) in [5, 5.41) is 1.93. The molecule has 0 saturated carbocycles. The molecule has 1 aromatic carbocycles. The van der Waals surface area contributed by atoms with Crippen LogP contribution in [0.2, 0.25) is 0 Å². The first-order valence-electron chi connectivity index (χ1n) is 3.50. The molecule has 1 heterocycles. The van der Waals surface area contributed by atoms with Crippen molar-refractivity contribution >= 4 is 23.6 Å². The summed E-state index contributed by atoms with van der Waals surface area (Å²) in [6.07, 6.45) is 0. The third-order valence-corrected chi connectivity index (χ3v) is 2.49. The van der Waals surface area contributed by atoms with Crippen molar-refractivity contribution < 1.29 is 4.42 Å². The molecule has 12 heavy (non-hydrogen) atoms. The molecular formula is C9H6OS2. The Labute approximate surface area is 79.3 Å². The highest BCUT2D eigenvalue weighted by Gasteiger charge is 1.99. The highest BCUT2D eigenvalue weighted by molar-refractivity contribution is 7.73. The second-order valence-electron chi connectivity index (χ2n) is 2.32. The van der Waals surface area contributed by atoms with E-state index in [1.165, 1.54) is 11.3 Å². The minimum absolute atomic E-state index is 0.578. The minimum atomic E-state index is 0.578. The van der Waals surface area contributed by atoms with Crippen LogP contribution in [0.15, 0.2) is 40.1 Å². The number of rotatable bonds is 1. The van der Waals surface area contributed by atoms with Crippen molar-refractivity contribution in [1.29, 1.82) is 0 Å². The first-order valence-corrected chi connectivity index (χ1v) is 4.79. The molecule has 0 bridgehead atoms. The molecule has 0 N–H and O–H groups in total. The van der Waals surface area contributed by atoms with Gasteiger partial charge in [0.15, 0.2) is 0 Å². The molecule has 0 atom stereocenters. The summed E-state index contributed by atoms with van der Waals surface area (Å²) < 4.78 is 5.88. The fourth-order valence-corrected chi connectivity index (χ4v) is 1.73. The van der Waals surface area contributed by atoms with Crippen LogP contribution in [0.4, 0.5) is 0 Å². The van der Waals surface area contributed by atoms with Gasteiger partial charge >= 0.3 is 0 Å². The second kappa shape index (κ2) is 3.21. The quantitative estimate of drug-likeness (QED) is 0.641. The van der Waals surface area contributed by atoms with E-state index in [9.17, 15) is 0 Å². The molecule has 2 rings (SSSR count). The Morgan fingerprint density at radius 2 is 1.92 bits per heavy atom. The molecule has 2 aromatic rings. The standard InChI is InChI=1S/C9H6OS2/c11-9-10-8(6-12-9)7-4-2-1-3-5-7/h1-6H. The van der Waals surface area contributed by atoms with Gasteiger partial charge in [-0.25, -0.2) is 0 Å². The molecule has 0 saturated heterocycles. The Balaban J connectivity index is 2.51. The lowest BCUT2D eigenvalue weighted by Gasteiger charge is -1.91. The minimum Gasteiger partial charge on any atom is -0.435 e. The van der Waals surface area contributed by atoms with Crippen molar-refractivity contribution in [3.8, 4) is 11.3 Å². The van der Waals surface area contributed by atoms with E-state index in [1.807, 2.05) is 35.7 Å². The summed E-state index contributed by atoms with van der Waals surface area (Å²) in [5.41, 5.74) is 1.07. The van der Waals surface area contributed by atoms with Gasteiger partial charge in [0.05, 0.1) is 0 Å². The van der Waals surface area contributed by atoms with Crippen LogP contribution >= 0.6 is 23.6 Å². The molecule has 0 amide bonds. The Bertz CT molecular complexity index is 413. The third kappa shape index (κ3) is 1.47. The molecule has 0 spiro atoms. The number of benzene rings is 1. The van der Waals surface area contributed by atoms with Gasteiger partial charge in [-0.05, 0) is 12.2 Å². The molecule has 0 aliphatic carbocycles. The van der Waals surface area contributed by atoms with Gasteiger partial charge in [0.1, 0.15) is 5.76 Å². The van der Waals surface area contributed by atoms with E-state index in [0.29, 0.717) is 4.02 Å². The van der Waals surface area contributed by atoms with Gasteiger partial charge in [-0.2, -0.15) is 0 Å².